The topological polar surface area (TPSA) is 123 Å². The molecule has 1 fully saturated rings. The minimum atomic E-state index is -1.49. The van der Waals surface area contributed by atoms with Gasteiger partial charge in [0.2, 0.25) is 0 Å². The average molecular weight is 338 g/mol. The van der Waals surface area contributed by atoms with Crippen LogP contribution in [0.3, 0.4) is 0 Å². The van der Waals surface area contributed by atoms with Gasteiger partial charge < -0.3 is 29.5 Å². The summed E-state index contributed by atoms with van der Waals surface area (Å²) < 4.78 is 14.6. The van der Waals surface area contributed by atoms with Gasteiger partial charge in [0, 0.05) is 13.2 Å². The van der Waals surface area contributed by atoms with Gasteiger partial charge in [-0.2, -0.15) is 0 Å². The molecule has 0 bridgehead atoms. The predicted octanol–water partition coefficient (Wildman–Crippen LogP) is -0.389. The van der Waals surface area contributed by atoms with Gasteiger partial charge in [-0.05, 0) is 23.8 Å². The lowest BCUT2D eigenvalue weighted by molar-refractivity contribution is -0.154. The van der Waals surface area contributed by atoms with Gasteiger partial charge in [-0.1, -0.05) is 12.1 Å². The quantitative estimate of drug-likeness (QED) is 0.473. The Labute approximate surface area is 137 Å². The largest absolute Gasteiger partial charge is 0.508 e. The Morgan fingerprint density at radius 2 is 2.04 bits per heavy atom. The van der Waals surface area contributed by atoms with Crippen LogP contribution >= 0.6 is 0 Å². The molecule has 0 aliphatic carbocycles. The van der Waals surface area contributed by atoms with Crippen LogP contribution in [0.4, 0.5) is 0 Å². The summed E-state index contributed by atoms with van der Waals surface area (Å²) >= 11 is 0. The lowest BCUT2D eigenvalue weighted by Gasteiger charge is -2.21. The van der Waals surface area contributed by atoms with Gasteiger partial charge in [0.15, 0.2) is 12.2 Å². The summed E-state index contributed by atoms with van der Waals surface area (Å²) in [7, 11) is 1.27. The average Bonchev–Trinajstić information content (AvgIpc) is 2.86. The number of phenolic OH excluding ortho intramolecular Hbond substituents is 1. The fourth-order valence-electron chi connectivity index (χ4n) is 2.21. The number of hydrogen-bond acceptors (Lipinski definition) is 8. The van der Waals surface area contributed by atoms with Crippen molar-refractivity contribution in [3.63, 3.8) is 0 Å². The third-order valence-corrected chi connectivity index (χ3v) is 3.48. The number of methoxy groups -OCH3 is 1. The van der Waals surface area contributed by atoms with Gasteiger partial charge in [0.1, 0.15) is 24.6 Å². The second kappa shape index (κ2) is 7.91. The molecule has 1 aliphatic heterocycles. The van der Waals surface area contributed by atoms with Crippen molar-refractivity contribution in [2.45, 2.75) is 24.4 Å². The van der Waals surface area contributed by atoms with Crippen LogP contribution in [-0.4, -0.2) is 65.4 Å². The van der Waals surface area contributed by atoms with Gasteiger partial charge in [-0.3, -0.25) is 0 Å². The Hall–Kier alpha value is -2.42. The van der Waals surface area contributed by atoms with Gasteiger partial charge >= 0.3 is 11.9 Å². The summed E-state index contributed by atoms with van der Waals surface area (Å²) in [4.78, 5) is 22.9. The summed E-state index contributed by atoms with van der Waals surface area (Å²) in [5.41, 5.74) is 0.678. The summed E-state index contributed by atoms with van der Waals surface area (Å²) in [6, 6.07) is 6.16. The summed E-state index contributed by atoms with van der Waals surface area (Å²) in [5, 5.41) is 28.6. The van der Waals surface area contributed by atoms with Gasteiger partial charge in [0.05, 0.1) is 0 Å². The second-order valence-corrected chi connectivity index (χ2v) is 5.17. The Balaban J connectivity index is 1.85. The molecule has 0 amide bonds. The minimum absolute atomic E-state index is 0.110. The lowest BCUT2D eigenvalue weighted by atomic mass is 10.1. The highest BCUT2D eigenvalue weighted by Gasteiger charge is 2.47. The third-order valence-electron chi connectivity index (χ3n) is 3.48. The van der Waals surface area contributed by atoms with Crippen LogP contribution in [0.25, 0.3) is 6.08 Å². The van der Waals surface area contributed by atoms with Crippen LogP contribution < -0.4 is 0 Å². The number of aliphatic hydroxyl groups is 2. The van der Waals surface area contributed by atoms with Gasteiger partial charge in [0.25, 0.3) is 0 Å². The molecule has 0 unspecified atom stereocenters. The molecule has 130 valence electrons. The SMILES string of the molecule is CO[C@@H]1[C@H]([C@@H](O)COC(=O)/C=C/c2ccc(O)cc2)OC(=O)[C@@H]1O. The molecule has 0 saturated carbocycles. The van der Waals surface area contributed by atoms with E-state index in [-0.39, 0.29) is 5.75 Å². The van der Waals surface area contributed by atoms with Crippen LogP contribution in [0.2, 0.25) is 0 Å². The first kappa shape index (κ1) is 17.9. The minimum Gasteiger partial charge on any atom is -0.508 e. The maximum Gasteiger partial charge on any atom is 0.338 e. The molecule has 1 aromatic carbocycles. The molecular weight excluding hydrogens is 320 g/mol. The zero-order chi connectivity index (χ0) is 17.7. The van der Waals surface area contributed by atoms with Crippen molar-refractivity contribution in [1.29, 1.82) is 0 Å². The van der Waals surface area contributed by atoms with Crippen molar-refractivity contribution >= 4 is 18.0 Å². The lowest BCUT2D eigenvalue weighted by Crippen LogP contribution is -2.42. The number of aliphatic hydroxyl groups excluding tert-OH is 2. The molecule has 8 nitrogen and oxygen atoms in total. The second-order valence-electron chi connectivity index (χ2n) is 5.17. The van der Waals surface area contributed by atoms with E-state index in [1.54, 1.807) is 12.1 Å². The molecule has 0 spiro atoms. The van der Waals surface area contributed by atoms with Gasteiger partial charge in [-0.15, -0.1) is 0 Å². The molecule has 1 heterocycles. The maximum atomic E-state index is 11.6. The zero-order valence-electron chi connectivity index (χ0n) is 12.9. The maximum absolute atomic E-state index is 11.6. The van der Waals surface area contributed by atoms with Crippen molar-refractivity contribution in [3.05, 3.63) is 35.9 Å². The fourth-order valence-corrected chi connectivity index (χ4v) is 2.21. The predicted molar refractivity (Wildman–Crippen MR) is 80.8 cm³/mol. The molecule has 0 aromatic heterocycles. The van der Waals surface area contributed by atoms with Crippen molar-refractivity contribution in [3.8, 4) is 5.75 Å². The van der Waals surface area contributed by atoms with Crippen molar-refractivity contribution in [2.75, 3.05) is 13.7 Å². The molecule has 1 aliphatic rings. The normalized spacial score (nSPS) is 24.8. The van der Waals surface area contributed by atoms with Gasteiger partial charge in [-0.25, -0.2) is 9.59 Å². The van der Waals surface area contributed by atoms with Crippen molar-refractivity contribution in [2.24, 2.45) is 0 Å². The van der Waals surface area contributed by atoms with E-state index in [1.165, 1.54) is 25.3 Å². The number of carbonyl (C=O) groups is 2. The first-order valence-electron chi connectivity index (χ1n) is 7.15. The fraction of sp³-hybridized carbons (Fsp3) is 0.375. The van der Waals surface area contributed by atoms with Crippen LogP contribution in [-0.2, 0) is 23.8 Å². The van der Waals surface area contributed by atoms with Crippen LogP contribution in [0.15, 0.2) is 30.3 Å². The number of phenols is 1. The molecule has 24 heavy (non-hydrogen) atoms. The number of carbonyl (C=O) groups excluding carboxylic acids is 2. The summed E-state index contributed by atoms with van der Waals surface area (Å²) in [6.45, 7) is -0.427. The monoisotopic (exact) mass is 338 g/mol. The first-order chi connectivity index (χ1) is 11.4. The van der Waals surface area contributed by atoms with Crippen LogP contribution in [0.1, 0.15) is 5.56 Å². The summed E-state index contributed by atoms with van der Waals surface area (Å²) in [6.07, 6.45) is -2.33. The molecule has 0 radical (unpaired) electrons. The van der Waals surface area contributed by atoms with E-state index in [1.807, 2.05) is 0 Å². The number of rotatable bonds is 6. The Kier molecular flexibility index (Phi) is 5.91. The van der Waals surface area contributed by atoms with E-state index < -0.39 is 43.0 Å². The number of benzene rings is 1. The first-order valence-corrected chi connectivity index (χ1v) is 7.15. The van der Waals surface area contributed by atoms with E-state index in [0.717, 1.165) is 6.08 Å². The molecule has 8 heteroatoms. The highest BCUT2D eigenvalue weighted by Crippen LogP contribution is 2.21. The van der Waals surface area contributed by atoms with Crippen LogP contribution in [0, 0.1) is 0 Å². The number of aromatic hydroxyl groups is 1. The number of hydrogen-bond donors (Lipinski definition) is 3. The molecule has 1 aromatic rings. The molecule has 4 atom stereocenters. The highest BCUT2D eigenvalue weighted by molar-refractivity contribution is 5.87. The molecule has 1 saturated heterocycles. The number of cyclic esters (lactones) is 1. The van der Waals surface area contributed by atoms with Crippen molar-refractivity contribution < 1.29 is 39.1 Å². The third kappa shape index (κ3) is 4.31. The number of ether oxygens (including phenoxy) is 3. The molecular formula is C16H18O8. The Morgan fingerprint density at radius 1 is 1.38 bits per heavy atom. The zero-order valence-corrected chi connectivity index (χ0v) is 12.9. The van der Waals surface area contributed by atoms with E-state index in [4.69, 9.17) is 19.3 Å². The molecule has 2 rings (SSSR count). The molecule has 3 N–H and O–H groups in total. The Bertz CT molecular complexity index is 609. The number of esters is 2. The highest BCUT2D eigenvalue weighted by atomic mass is 16.6. The van der Waals surface area contributed by atoms with Crippen LogP contribution in [0.5, 0.6) is 5.75 Å². The van der Waals surface area contributed by atoms with E-state index in [2.05, 4.69) is 0 Å². The smallest absolute Gasteiger partial charge is 0.338 e. The van der Waals surface area contributed by atoms with E-state index >= 15 is 0 Å². The Morgan fingerprint density at radius 3 is 2.67 bits per heavy atom. The summed E-state index contributed by atoms with van der Waals surface area (Å²) in [5.74, 6) is -1.50. The standard InChI is InChI=1S/C16H18O8/c1-22-15-13(20)16(21)24-14(15)11(18)8-23-12(19)7-4-9-2-5-10(17)6-3-9/h2-7,11,13-15,17-18,20H,8H2,1H3/b7-4+/t11-,13+,14-,15-/m0/s1. The van der Waals surface area contributed by atoms with E-state index in [0.29, 0.717) is 5.56 Å². The van der Waals surface area contributed by atoms with Crippen molar-refractivity contribution in [1.82, 2.24) is 0 Å². The van der Waals surface area contributed by atoms with E-state index in [9.17, 15) is 19.8 Å².